The predicted molar refractivity (Wildman–Crippen MR) is 84.4 cm³/mol. The number of hydrogen-bond acceptors (Lipinski definition) is 2. The van der Waals surface area contributed by atoms with E-state index < -0.39 is 0 Å². The van der Waals surface area contributed by atoms with Crippen molar-refractivity contribution in [3.63, 3.8) is 0 Å². The summed E-state index contributed by atoms with van der Waals surface area (Å²) in [5, 5.41) is 5.90. The Labute approximate surface area is 131 Å². The number of urea groups is 1. The second-order valence-electron chi connectivity index (χ2n) is 6.63. The van der Waals surface area contributed by atoms with Crippen molar-refractivity contribution in [3.8, 4) is 0 Å². The summed E-state index contributed by atoms with van der Waals surface area (Å²) in [5.74, 6) is 0.0647. The molecule has 5 nitrogen and oxygen atoms in total. The number of benzene rings is 1. The van der Waals surface area contributed by atoms with Crippen LogP contribution in [0.15, 0.2) is 24.3 Å². The average Bonchev–Trinajstić information content (AvgIpc) is 3.08. The van der Waals surface area contributed by atoms with E-state index in [1.807, 2.05) is 26.1 Å². The Morgan fingerprint density at radius 2 is 2.18 bits per heavy atom. The summed E-state index contributed by atoms with van der Waals surface area (Å²) < 4.78 is 0. The van der Waals surface area contributed by atoms with Gasteiger partial charge in [0, 0.05) is 20.0 Å². The van der Waals surface area contributed by atoms with Gasteiger partial charge in [0.05, 0.1) is 11.6 Å². The first-order chi connectivity index (χ1) is 10.5. The van der Waals surface area contributed by atoms with E-state index in [0.29, 0.717) is 13.0 Å². The van der Waals surface area contributed by atoms with Crippen LogP contribution < -0.4 is 10.6 Å². The van der Waals surface area contributed by atoms with E-state index in [2.05, 4.69) is 22.8 Å². The van der Waals surface area contributed by atoms with Gasteiger partial charge in [-0.15, -0.1) is 0 Å². The van der Waals surface area contributed by atoms with Crippen LogP contribution in [0.1, 0.15) is 43.4 Å². The Hall–Kier alpha value is -2.04. The molecule has 0 radical (unpaired) electrons. The van der Waals surface area contributed by atoms with Gasteiger partial charge in [0.1, 0.15) is 0 Å². The van der Waals surface area contributed by atoms with Gasteiger partial charge in [0.15, 0.2) is 0 Å². The maximum atomic E-state index is 12.4. The van der Waals surface area contributed by atoms with Crippen LogP contribution in [0.3, 0.4) is 0 Å². The van der Waals surface area contributed by atoms with Gasteiger partial charge in [-0.05, 0) is 37.3 Å². The van der Waals surface area contributed by atoms with Crippen LogP contribution in [-0.4, -0.2) is 36.0 Å². The summed E-state index contributed by atoms with van der Waals surface area (Å²) in [6.07, 6.45) is 3.30. The van der Waals surface area contributed by atoms with Crippen molar-refractivity contribution < 1.29 is 9.59 Å². The summed E-state index contributed by atoms with van der Waals surface area (Å²) in [5.41, 5.74) is 2.27. The molecule has 2 unspecified atom stereocenters. The van der Waals surface area contributed by atoms with Crippen molar-refractivity contribution in [2.24, 2.45) is 0 Å². The Bertz CT molecular complexity index is 601. The van der Waals surface area contributed by atoms with E-state index in [9.17, 15) is 9.59 Å². The minimum Gasteiger partial charge on any atom is -0.349 e. The summed E-state index contributed by atoms with van der Waals surface area (Å²) in [6.45, 7) is 2.44. The predicted octanol–water partition coefficient (Wildman–Crippen LogP) is 1.98. The molecule has 0 aromatic heterocycles. The Kier molecular flexibility index (Phi) is 3.81. The maximum Gasteiger partial charge on any atom is 0.317 e. The molecule has 0 bridgehead atoms. The van der Waals surface area contributed by atoms with Crippen LogP contribution in [0, 0.1) is 0 Å². The third kappa shape index (κ3) is 2.80. The monoisotopic (exact) mass is 301 g/mol. The second kappa shape index (κ2) is 5.63. The zero-order valence-electron chi connectivity index (χ0n) is 13.2. The molecule has 3 amide bonds. The number of nitrogens with one attached hydrogen (secondary N) is 2. The van der Waals surface area contributed by atoms with E-state index in [1.165, 1.54) is 11.1 Å². The summed E-state index contributed by atoms with van der Waals surface area (Å²) in [6, 6.07) is 8.38. The number of hydrogen-bond donors (Lipinski definition) is 2. The number of nitrogens with zero attached hydrogens (tertiary/aromatic N) is 1. The Balaban J connectivity index is 1.60. The summed E-state index contributed by atoms with van der Waals surface area (Å²) in [7, 11) is 1.84. The normalized spacial score (nSPS) is 26.5. The second-order valence-corrected chi connectivity index (χ2v) is 6.63. The molecule has 1 aliphatic heterocycles. The number of rotatable bonds is 3. The Morgan fingerprint density at radius 3 is 2.91 bits per heavy atom. The largest absolute Gasteiger partial charge is 0.349 e. The van der Waals surface area contributed by atoms with Crippen LogP contribution in [0.25, 0.3) is 0 Å². The molecule has 2 aliphatic rings. The fraction of sp³-hybridized carbons (Fsp3) is 0.529. The molecule has 1 saturated heterocycles. The first kappa shape index (κ1) is 14.9. The minimum atomic E-state index is -0.318. The molecule has 0 saturated carbocycles. The lowest BCUT2D eigenvalue weighted by molar-refractivity contribution is -0.119. The Morgan fingerprint density at radius 1 is 1.41 bits per heavy atom. The molecule has 5 heteroatoms. The van der Waals surface area contributed by atoms with Gasteiger partial charge in [-0.3, -0.25) is 4.79 Å². The van der Waals surface area contributed by atoms with Crippen molar-refractivity contribution in [1.29, 1.82) is 0 Å². The van der Waals surface area contributed by atoms with Crippen molar-refractivity contribution in [2.45, 2.75) is 44.2 Å². The van der Waals surface area contributed by atoms with Crippen LogP contribution in [0.4, 0.5) is 4.79 Å². The number of carbonyl (C=O) groups excluding carboxylic acids is 2. The molecule has 118 valence electrons. The fourth-order valence-corrected chi connectivity index (χ4v) is 3.46. The molecule has 2 atom stereocenters. The van der Waals surface area contributed by atoms with Crippen molar-refractivity contribution in [3.05, 3.63) is 35.4 Å². The SMILES string of the molecule is CN(C(=O)NCC1(C)CCC(=O)N1)C1CCc2ccccc21. The number of fused-ring (bicyclic) bond motifs is 1. The zero-order chi connectivity index (χ0) is 15.7. The van der Waals surface area contributed by atoms with Crippen LogP contribution in [-0.2, 0) is 11.2 Å². The van der Waals surface area contributed by atoms with E-state index >= 15 is 0 Å². The van der Waals surface area contributed by atoms with Gasteiger partial charge in [-0.1, -0.05) is 24.3 Å². The highest BCUT2D eigenvalue weighted by Gasteiger charge is 2.34. The molecule has 1 aliphatic carbocycles. The third-order valence-corrected chi connectivity index (χ3v) is 4.86. The van der Waals surface area contributed by atoms with Crippen molar-refractivity contribution in [1.82, 2.24) is 15.5 Å². The maximum absolute atomic E-state index is 12.4. The number of carbonyl (C=O) groups is 2. The van der Waals surface area contributed by atoms with Gasteiger partial charge in [-0.2, -0.15) is 0 Å². The topological polar surface area (TPSA) is 61.4 Å². The van der Waals surface area contributed by atoms with Crippen LogP contribution >= 0.6 is 0 Å². The van der Waals surface area contributed by atoms with Gasteiger partial charge < -0.3 is 15.5 Å². The lowest BCUT2D eigenvalue weighted by Crippen LogP contribution is -2.51. The van der Waals surface area contributed by atoms with E-state index in [0.717, 1.165) is 19.3 Å². The van der Waals surface area contributed by atoms with Crippen molar-refractivity contribution in [2.75, 3.05) is 13.6 Å². The number of amides is 3. The third-order valence-electron chi connectivity index (χ3n) is 4.86. The van der Waals surface area contributed by atoms with E-state index in [4.69, 9.17) is 0 Å². The molecule has 3 rings (SSSR count). The molecular formula is C17H23N3O2. The van der Waals surface area contributed by atoms with Crippen LogP contribution in [0.2, 0.25) is 0 Å². The molecule has 0 spiro atoms. The first-order valence-corrected chi connectivity index (χ1v) is 7.88. The highest BCUT2D eigenvalue weighted by Crippen LogP contribution is 2.34. The fourth-order valence-electron chi connectivity index (χ4n) is 3.46. The lowest BCUT2D eigenvalue weighted by atomic mass is 10.0. The van der Waals surface area contributed by atoms with E-state index in [-0.39, 0.29) is 23.5 Å². The van der Waals surface area contributed by atoms with Gasteiger partial charge >= 0.3 is 6.03 Å². The van der Waals surface area contributed by atoms with Crippen LogP contribution in [0.5, 0.6) is 0 Å². The first-order valence-electron chi connectivity index (χ1n) is 7.88. The summed E-state index contributed by atoms with van der Waals surface area (Å²) in [4.78, 5) is 25.6. The van der Waals surface area contributed by atoms with Gasteiger partial charge in [-0.25, -0.2) is 4.79 Å². The molecular weight excluding hydrogens is 278 g/mol. The average molecular weight is 301 g/mol. The van der Waals surface area contributed by atoms with Gasteiger partial charge in [0.25, 0.3) is 0 Å². The quantitative estimate of drug-likeness (QED) is 0.897. The molecule has 1 aromatic rings. The van der Waals surface area contributed by atoms with Crippen molar-refractivity contribution >= 4 is 11.9 Å². The zero-order valence-corrected chi connectivity index (χ0v) is 13.2. The van der Waals surface area contributed by atoms with Gasteiger partial charge in [0.2, 0.25) is 5.91 Å². The molecule has 1 aromatic carbocycles. The minimum absolute atomic E-state index is 0.0647. The molecule has 1 heterocycles. The smallest absolute Gasteiger partial charge is 0.317 e. The standard InChI is InChI=1S/C17H23N3O2/c1-17(10-9-15(21)19-17)11-18-16(22)20(2)14-8-7-12-5-3-4-6-13(12)14/h3-6,14H,7-11H2,1-2H3,(H,18,22)(H,19,21). The van der Waals surface area contributed by atoms with E-state index in [1.54, 1.807) is 4.90 Å². The summed E-state index contributed by atoms with van der Waals surface area (Å²) >= 11 is 0. The highest BCUT2D eigenvalue weighted by atomic mass is 16.2. The molecule has 22 heavy (non-hydrogen) atoms. The molecule has 2 N–H and O–H groups in total. The molecule has 1 fully saturated rings. The lowest BCUT2D eigenvalue weighted by Gasteiger charge is -2.29. The number of aryl methyl sites for hydroxylation is 1. The highest BCUT2D eigenvalue weighted by molar-refractivity contribution is 5.80.